The average Bonchev–Trinajstić information content (AvgIpc) is 2.62. The molecule has 2 aliphatic heterocycles. The van der Waals surface area contributed by atoms with Crippen LogP contribution in [0.1, 0.15) is 30.4 Å². The lowest BCUT2D eigenvalue weighted by molar-refractivity contribution is -0.123. The number of ether oxygens (including phenoxy) is 1. The van der Waals surface area contributed by atoms with Crippen molar-refractivity contribution in [1.82, 2.24) is 15.5 Å². The molecule has 0 aromatic heterocycles. The molecule has 0 saturated carbocycles. The molecule has 1 atom stereocenters. The fourth-order valence-corrected chi connectivity index (χ4v) is 3.27. The highest BCUT2D eigenvalue weighted by molar-refractivity contribution is 5.81. The predicted molar refractivity (Wildman–Crippen MR) is 90.0 cm³/mol. The largest absolute Gasteiger partial charge is 0.379 e. The summed E-state index contributed by atoms with van der Waals surface area (Å²) in [5, 5.41) is 6.40. The fourth-order valence-electron chi connectivity index (χ4n) is 3.27. The highest BCUT2D eigenvalue weighted by atomic mass is 16.5. The van der Waals surface area contributed by atoms with Crippen LogP contribution in [0.25, 0.3) is 0 Å². The highest BCUT2D eigenvalue weighted by Crippen LogP contribution is 2.13. The normalized spacial score (nSPS) is 22.7. The van der Waals surface area contributed by atoms with Gasteiger partial charge in [0.05, 0.1) is 19.3 Å². The Labute approximate surface area is 138 Å². The second-order valence-electron chi connectivity index (χ2n) is 6.38. The van der Waals surface area contributed by atoms with Gasteiger partial charge >= 0.3 is 0 Å². The Balaban J connectivity index is 1.55. The third kappa shape index (κ3) is 4.77. The molecule has 2 N–H and O–H groups in total. The van der Waals surface area contributed by atoms with E-state index in [1.807, 2.05) is 6.07 Å². The van der Waals surface area contributed by atoms with Gasteiger partial charge in [0.15, 0.2) is 0 Å². The summed E-state index contributed by atoms with van der Waals surface area (Å²) in [6, 6.07) is 8.38. The molecule has 1 amide bonds. The Kier molecular flexibility index (Phi) is 6.02. The zero-order valence-corrected chi connectivity index (χ0v) is 13.7. The first-order valence-corrected chi connectivity index (χ1v) is 8.71. The molecule has 0 radical (unpaired) electrons. The van der Waals surface area contributed by atoms with Gasteiger partial charge in [-0.3, -0.25) is 9.69 Å². The van der Waals surface area contributed by atoms with E-state index in [0.29, 0.717) is 6.54 Å². The van der Waals surface area contributed by atoms with E-state index in [1.165, 1.54) is 17.5 Å². The maximum absolute atomic E-state index is 12.3. The summed E-state index contributed by atoms with van der Waals surface area (Å²) in [7, 11) is 0. The van der Waals surface area contributed by atoms with Crippen molar-refractivity contribution in [2.45, 2.75) is 38.4 Å². The summed E-state index contributed by atoms with van der Waals surface area (Å²) >= 11 is 0. The number of hydrogen-bond acceptors (Lipinski definition) is 4. The van der Waals surface area contributed by atoms with Crippen LogP contribution in [0.2, 0.25) is 0 Å². The van der Waals surface area contributed by atoms with Gasteiger partial charge in [-0.2, -0.15) is 0 Å². The summed E-state index contributed by atoms with van der Waals surface area (Å²) < 4.78 is 5.41. The van der Waals surface area contributed by atoms with Crippen LogP contribution >= 0.6 is 0 Å². The van der Waals surface area contributed by atoms with Crippen molar-refractivity contribution in [3.8, 4) is 0 Å². The van der Waals surface area contributed by atoms with E-state index in [2.05, 4.69) is 33.7 Å². The molecule has 5 heteroatoms. The van der Waals surface area contributed by atoms with Crippen LogP contribution in [0.3, 0.4) is 0 Å². The van der Waals surface area contributed by atoms with Crippen molar-refractivity contribution < 1.29 is 9.53 Å². The number of piperidine rings is 1. The molecular weight excluding hydrogens is 290 g/mol. The molecule has 0 spiro atoms. The number of benzene rings is 1. The molecule has 0 aliphatic carbocycles. The van der Waals surface area contributed by atoms with Crippen LogP contribution in [-0.2, 0) is 22.6 Å². The third-order valence-corrected chi connectivity index (χ3v) is 4.70. The zero-order chi connectivity index (χ0) is 15.9. The smallest absolute Gasteiger partial charge is 0.237 e. The number of amides is 1. The molecule has 1 unspecified atom stereocenters. The number of morpholine rings is 1. The van der Waals surface area contributed by atoms with Crippen LogP contribution in [0.15, 0.2) is 24.3 Å². The lowest BCUT2D eigenvalue weighted by atomic mass is 10.0. The van der Waals surface area contributed by atoms with Gasteiger partial charge in [0.1, 0.15) is 0 Å². The van der Waals surface area contributed by atoms with E-state index >= 15 is 0 Å². The SMILES string of the molecule is O=C(NCc1ccccc1CN1CCOCC1)C1CCCCN1. The second-order valence-corrected chi connectivity index (χ2v) is 6.38. The van der Waals surface area contributed by atoms with Crippen LogP contribution < -0.4 is 10.6 Å². The van der Waals surface area contributed by atoms with Gasteiger partial charge in [-0.15, -0.1) is 0 Å². The van der Waals surface area contributed by atoms with Crippen LogP contribution in [0, 0.1) is 0 Å². The number of rotatable bonds is 5. The topological polar surface area (TPSA) is 53.6 Å². The zero-order valence-electron chi connectivity index (χ0n) is 13.7. The van der Waals surface area contributed by atoms with E-state index in [0.717, 1.165) is 52.2 Å². The molecule has 2 fully saturated rings. The van der Waals surface area contributed by atoms with E-state index in [-0.39, 0.29) is 11.9 Å². The summed E-state index contributed by atoms with van der Waals surface area (Å²) in [6.07, 6.45) is 3.26. The van der Waals surface area contributed by atoms with E-state index < -0.39 is 0 Å². The lowest BCUT2D eigenvalue weighted by Crippen LogP contribution is -2.46. The van der Waals surface area contributed by atoms with Crippen molar-refractivity contribution in [3.63, 3.8) is 0 Å². The predicted octanol–water partition coefficient (Wildman–Crippen LogP) is 1.28. The van der Waals surface area contributed by atoms with E-state index in [9.17, 15) is 4.79 Å². The first kappa shape index (κ1) is 16.4. The Morgan fingerprint density at radius 2 is 2.00 bits per heavy atom. The minimum Gasteiger partial charge on any atom is -0.379 e. The Morgan fingerprint density at radius 1 is 1.22 bits per heavy atom. The molecule has 126 valence electrons. The molecule has 5 nitrogen and oxygen atoms in total. The third-order valence-electron chi connectivity index (χ3n) is 4.70. The van der Waals surface area contributed by atoms with Gasteiger partial charge in [0.2, 0.25) is 5.91 Å². The molecule has 2 saturated heterocycles. The first-order valence-electron chi connectivity index (χ1n) is 8.71. The van der Waals surface area contributed by atoms with E-state index in [1.54, 1.807) is 0 Å². The highest BCUT2D eigenvalue weighted by Gasteiger charge is 2.20. The van der Waals surface area contributed by atoms with Crippen molar-refractivity contribution in [2.75, 3.05) is 32.8 Å². The molecule has 2 aliphatic rings. The fraction of sp³-hybridized carbons (Fsp3) is 0.611. The number of nitrogens with zero attached hydrogens (tertiary/aromatic N) is 1. The summed E-state index contributed by atoms with van der Waals surface area (Å²) in [6.45, 7) is 6.07. The van der Waals surface area contributed by atoms with Crippen LogP contribution in [0.4, 0.5) is 0 Å². The maximum atomic E-state index is 12.3. The van der Waals surface area contributed by atoms with Gasteiger partial charge in [-0.1, -0.05) is 30.7 Å². The Hall–Kier alpha value is -1.43. The molecule has 2 heterocycles. The van der Waals surface area contributed by atoms with Gasteiger partial charge in [0, 0.05) is 26.2 Å². The molecule has 0 bridgehead atoms. The minimum atomic E-state index is -0.0184. The molecule has 23 heavy (non-hydrogen) atoms. The maximum Gasteiger partial charge on any atom is 0.237 e. The lowest BCUT2D eigenvalue weighted by Gasteiger charge is -2.27. The quantitative estimate of drug-likeness (QED) is 0.859. The molecule has 3 rings (SSSR count). The summed E-state index contributed by atoms with van der Waals surface area (Å²) in [5.74, 6) is 0.130. The van der Waals surface area contributed by atoms with Gasteiger partial charge in [0.25, 0.3) is 0 Å². The van der Waals surface area contributed by atoms with Crippen LogP contribution in [0.5, 0.6) is 0 Å². The minimum absolute atomic E-state index is 0.0184. The standard InChI is InChI=1S/C18H27N3O2/c22-18(17-7-3-4-8-19-17)20-13-15-5-1-2-6-16(15)14-21-9-11-23-12-10-21/h1-2,5-6,17,19H,3-4,7-14H2,(H,20,22). The Morgan fingerprint density at radius 3 is 2.74 bits per heavy atom. The van der Waals surface area contributed by atoms with Crippen molar-refractivity contribution in [1.29, 1.82) is 0 Å². The van der Waals surface area contributed by atoms with Crippen molar-refractivity contribution in [2.24, 2.45) is 0 Å². The monoisotopic (exact) mass is 317 g/mol. The van der Waals surface area contributed by atoms with E-state index in [4.69, 9.17) is 4.74 Å². The van der Waals surface area contributed by atoms with Crippen LogP contribution in [-0.4, -0.2) is 49.7 Å². The molecular formula is C18H27N3O2. The molecule has 1 aromatic carbocycles. The molecule has 1 aromatic rings. The van der Waals surface area contributed by atoms with Gasteiger partial charge in [-0.05, 0) is 30.5 Å². The van der Waals surface area contributed by atoms with Crippen molar-refractivity contribution >= 4 is 5.91 Å². The number of nitrogens with one attached hydrogen (secondary N) is 2. The van der Waals surface area contributed by atoms with Gasteiger partial charge in [-0.25, -0.2) is 0 Å². The average molecular weight is 317 g/mol. The Bertz CT molecular complexity index is 509. The number of hydrogen-bond donors (Lipinski definition) is 2. The van der Waals surface area contributed by atoms with Crippen molar-refractivity contribution in [3.05, 3.63) is 35.4 Å². The summed E-state index contributed by atoms with van der Waals surface area (Å²) in [4.78, 5) is 14.7. The van der Waals surface area contributed by atoms with Gasteiger partial charge < -0.3 is 15.4 Å². The number of carbonyl (C=O) groups is 1. The second kappa shape index (κ2) is 8.43. The summed E-state index contributed by atoms with van der Waals surface area (Å²) in [5.41, 5.74) is 2.51. The number of carbonyl (C=O) groups excluding carboxylic acids is 1. The first-order chi connectivity index (χ1) is 11.3.